The van der Waals surface area contributed by atoms with Gasteiger partial charge in [-0.15, -0.1) is 0 Å². The fourth-order valence-corrected chi connectivity index (χ4v) is 4.14. The number of hydrazine groups is 1. The van der Waals surface area contributed by atoms with Gasteiger partial charge in [0.25, 0.3) is 15.9 Å². The van der Waals surface area contributed by atoms with Crippen LogP contribution < -0.4 is 15.6 Å². The van der Waals surface area contributed by atoms with Crippen molar-refractivity contribution in [1.29, 1.82) is 0 Å². The smallest absolute Gasteiger partial charge is 0.264 e. The second-order valence-corrected chi connectivity index (χ2v) is 8.18. The molecular formula is C16H17Cl2N3O3S. The summed E-state index contributed by atoms with van der Waals surface area (Å²) in [7, 11) is -4.06. The molecule has 2 aromatic carbocycles. The maximum Gasteiger partial charge on any atom is 0.264 e. The predicted molar refractivity (Wildman–Crippen MR) is 99.2 cm³/mol. The van der Waals surface area contributed by atoms with Crippen LogP contribution >= 0.6 is 23.2 Å². The molecule has 2 rings (SSSR count). The van der Waals surface area contributed by atoms with E-state index in [2.05, 4.69) is 0 Å². The minimum atomic E-state index is -4.06. The molecule has 9 heteroatoms. The van der Waals surface area contributed by atoms with Gasteiger partial charge in [-0.05, 0) is 55.3 Å². The van der Waals surface area contributed by atoms with Crippen LogP contribution in [0.2, 0.25) is 10.0 Å². The molecule has 0 bridgehead atoms. The monoisotopic (exact) mass is 401 g/mol. The number of carbonyl (C=O) groups is 1. The van der Waals surface area contributed by atoms with Gasteiger partial charge in [0.15, 0.2) is 0 Å². The first-order chi connectivity index (χ1) is 11.6. The third kappa shape index (κ3) is 4.43. The largest absolute Gasteiger partial charge is 0.293 e. The van der Waals surface area contributed by atoms with Crippen LogP contribution in [-0.4, -0.2) is 20.9 Å². The summed E-state index contributed by atoms with van der Waals surface area (Å²) < 4.78 is 27.1. The molecule has 0 aliphatic carbocycles. The van der Waals surface area contributed by atoms with Gasteiger partial charge in [0.1, 0.15) is 6.54 Å². The normalized spacial score (nSPS) is 11.2. The second-order valence-electron chi connectivity index (χ2n) is 5.50. The Bertz CT molecular complexity index is 897. The molecule has 25 heavy (non-hydrogen) atoms. The van der Waals surface area contributed by atoms with Gasteiger partial charge in [-0.1, -0.05) is 29.3 Å². The molecule has 6 nitrogen and oxygen atoms in total. The van der Waals surface area contributed by atoms with E-state index in [0.717, 1.165) is 15.4 Å². The minimum Gasteiger partial charge on any atom is -0.293 e. The summed E-state index contributed by atoms with van der Waals surface area (Å²) in [5.41, 5.74) is 4.02. The van der Waals surface area contributed by atoms with Crippen LogP contribution in [0.15, 0.2) is 41.3 Å². The molecule has 2 aromatic rings. The Hall–Kier alpha value is -1.80. The topological polar surface area (TPSA) is 92.5 Å². The zero-order chi connectivity index (χ0) is 18.8. The molecule has 0 heterocycles. The van der Waals surface area contributed by atoms with Crippen molar-refractivity contribution in [2.45, 2.75) is 18.7 Å². The quantitative estimate of drug-likeness (QED) is 0.457. The van der Waals surface area contributed by atoms with Gasteiger partial charge in [-0.3, -0.25) is 14.5 Å². The molecule has 0 aliphatic heterocycles. The van der Waals surface area contributed by atoms with E-state index in [1.165, 1.54) is 18.2 Å². The average Bonchev–Trinajstić information content (AvgIpc) is 2.53. The van der Waals surface area contributed by atoms with Crippen molar-refractivity contribution in [2.75, 3.05) is 10.8 Å². The summed E-state index contributed by atoms with van der Waals surface area (Å²) in [6, 6.07) is 9.21. The number of sulfonamides is 1. The molecule has 0 atom stereocenters. The SMILES string of the molecule is Cc1cc(C)cc(N(CC(=O)NN)S(=O)(=O)c2ccc(Cl)c(Cl)c2)c1. The molecule has 0 unspecified atom stereocenters. The van der Waals surface area contributed by atoms with Crippen LogP contribution in [0, 0.1) is 13.8 Å². The number of amides is 1. The molecule has 0 radical (unpaired) electrons. The fourth-order valence-electron chi connectivity index (χ4n) is 2.35. The lowest BCUT2D eigenvalue weighted by Gasteiger charge is -2.24. The number of rotatable bonds is 5. The highest BCUT2D eigenvalue weighted by Gasteiger charge is 2.28. The van der Waals surface area contributed by atoms with Crippen LogP contribution in [0.3, 0.4) is 0 Å². The van der Waals surface area contributed by atoms with E-state index in [1.54, 1.807) is 12.1 Å². The first-order valence-electron chi connectivity index (χ1n) is 7.20. The van der Waals surface area contributed by atoms with Crippen molar-refractivity contribution >= 4 is 44.8 Å². The highest BCUT2D eigenvalue weighted by Crippen LogP contribution is 2.29. The Morgan fingerprint density at radius 3 is 2.20 bits per heavy atom. The summed E-state index contributed by atoms with van der Waals surface area (Å²) in [6.45, 7) is 3.20. The number of carbonyl (C=O) groups excluding carboxylic acids is 1. The summed E-state index contributed by atoms with van der Waals surface area (Å²) in [4.78, 5) is 11.7. The fraction of sp³-hybridized carbons (Fsp3) is 0.188. The Kier molecular flexibility index (Phi) is 5.95. The number of hydrogen-bond donors (Lipinski definition) is 2. The maximum absolute atomic E-state index is 13.1. The van der Waals surface area contributed by atoms with Crippen LogP contribution in [0.25, 0.3) is 0 Å². The number of nitrogens with zero attached hydrogens (tertiary/aromatic N) is 1. The van der Waals surface area contributed by atoms with E-state index < -0.39 is 22.5 Å². The van der Waals surface area contributed by atoms with Crippen LogP contribution in [-0.2, 0) is 14.8 Å². The third-order valence-corrected chi connectivity index (χ3v) is 5.93. The van der Waals surface area contributed by atoms with Gasteiger partial charge in [-0.2, -0.15) is 0 Å². The molecule has 0 saturated heterocycles. The van der Waals surface area contributed by atoms with Gasteiger partial charge < -0.3 is 0 Å². The van der Waals surface area contributed by atoms with Crippen molar-refractivity contribution in [3.8, 4) is 0 Å². The first kappa shape index (κ1) is 19.5. The van der Waals surface area contributed by atoms with Gasteiger partial charge >= 0.3 is 0 Å². The number of benzene rings is 2. The zero-order valence-electron chi connectivity index (χ0n) is 13.6. The Morgan fingerprint density at radius 2 is 1.68 bits per heavy atom. The van der Waals surface area contributed by atoms with Crippen LogP contribution in [0.5, 0.6) is 0 Å². The van der Waals surface area contributed by atoms with Crippen molar-refractivity contribution < 1.29 is 13.2 Å². The Labute approximate surface area is 156 Å². The van der Waals surface area contributed by atoms with Gasteiger partial charge in [0, 0.05) is 0 Å². The molecule has 0 aromatic heterocycles. The van der Waals surface area contributed by atoms with E-state index in [0.29, 0.717) is 5.69 Å². The van der Waals surface area contributed by atoms with E-state index in [9.17, 15) is 13.2 Å². The third-order valence-electron chi connectivity index (χ3n) is 3.42. The predicted octanol–water partition coefficient (Wildman–Crippen LogP) is 2.80. The van der Waals surface area contributed by atoms with Crippen molar-refractivity contribution in [2.24, 2.45) is 5.84 Å². The van der Waals surface area contributed by atoms with Gasteiger partial charge in [0.05, 0.1) is 20.6 Å². The lowest BCUT2D eigenvalue weighted by atomic mass is 10.1. The van der Waals surface area contributed by atoms with E-state index in [4.69, 9.17) is 29.0 Å². The van der Waals surface area contributed by atoms with Crippen LogP contribution in [0.4, 0.5) is 5.69 Å². The van der Waals surface area contributed by atoms with Crippen molar-refractivity contribution in [3.05, 3.63) is 57.6 Å². The minimum absolute atomic E-state index is 0.0779. The second kappa shape index (κ2) is 7.61. The van der Waals surface area contributed by atoms with E-state index in [1.807, 2.05) is 25.3 Å². The molecular weight excluding hydrogens is 385 g/mol. The molecule has 0 spiro atoms. The van der Waals surface area contributed by atoms with Crippen molar-refractivity contribution in [1.82, 2.24) is 5.43 Å². The number of nitrogens with two attached hydrogens (primary N) is 1. The zero-order valence-corrected chi connectivity index (χ0v) is 15.9. The van der Waals surface area contributed by atoms with Gasteiger partial charge in [0.2, 0.25) is 0 Å². The molecule has 3 N–H and O–H groups in total. The first-order valence-corrected chi connectivity index (χ1v) is 9.40. The van der Waals surface area contributed by atoms with Crippen molar-refractivity contribution in [3.63, 3.8) is 0 Å². The highest BCUT2D eigenvalue weighted by atomic mass is 35.5. The standard InChI is InChI=1S/C16H17Cl2N3O3S/c1-10-5-11(2)7-12(6-10)21(9-16(22)20-19)25(23,24)13-3-4-14(17)15(18)8-13/h3-8H,9,19H2,1-2H3,(H,20,22). The number of nitrogens with one attached hydrogen (secondary N) is 1. The molecule has 0 aliphatic rings. The lowest BCUT2D eigenvalue weighted by Crippen LogP contribution is -2.43. The van der Waals surface area contributed by atoms with Gasteiger partial charge in [-0.25, -0.2) is 14.3 Å². The molecule has 0 fully saturated rings. The van der Waals surface area contributed by atoms with E-state index >= 15 is 0 Å². The maximum atomic E-state index is 13.1. The Morgan fingerprint density at radius 1 is 1.08 bits per heavy atom. The Balaban J connectivity index is 2.60. The van der Waals surface area contributed by atoms with Crippen LogP contribution in [0.1, 0.15) is 11.1 Å². The summed E-state index contributed by atoms with van der Waals surface area (Å²) in [6.07, 6.45) is 0. The molecule has 134 valence electrons. The number of hydrogen-bond acceptors (Lipinski definition) is 4. The highest BCUT2D eigenvalue weighted by molar-refractivity contribution is 7.92. The molecule has 0 saturated carbocycles. The lowest BCUT2D eigenvalue weighted by molar-refractivity contribution is -0.119. The number of aryl methyl sites for hydroxylation is 2. The van der Waals surface area contributed by atoms with E-state index in [-0.39, 0.29) is 14.9 Å². The molecule has 1 amide bonds. The summed E-state index contributed by atoms with van der Waals surface area (Å²) in [5, 5.41) is 0.338. The summed E-state index contributed by atoms with van der Waals surface area (Å²) >= 11 is 11.8. The number of halogens is 2. The summed E-state index contributed by atoms with van der Waals surface area (Å²) in [5.74, 6) is 4.47. The number of anilines is 1. The average molecular weight is 402 g/mol.